The minimum Gasteiger partial charge on any atom is -0.353 e. The highest BCUT2D eigenvalue weighted by Crippen LogP contribution is 2.31. The number of halogens is 1. The molecular weight excluding hydrogens is 246 g/mol. The van der Waals surface area contributed by atoms with E-state index in [4.69, 9.17) is 11.6 Å². The monoisotopic (exact) mass is 267 g/mol. The molecule has 2 unspecified atom stereocenters. The zero-order valence-electron chi connectivity index (χ0n) is 11.5. The lowest BCUT2D eigenvalue weighted by Gasteiger charge is -2.38. The van der Waals surface area contributed by atoms with E-state index in [0.29, 0.717) is 11.2 Å². The Morgan fingerprint density at radius 1 is 1.33 bits per heavy atom. The van der Waals surface area contributed by atoms with E-state index < -0.39 is 0 Å². The third-order valence-electron chi connectivity index (χ3n) is 3.76. The van der Waals surface area contributed by atoms with Crippen LogP contribution >= 0.6 is 11.6 Å². The molecule has 0 saturated carbocycles. The zero-order valence-corrected chi connectivity index (χ0v) is 12.2. The maximum atomic E-state index is 6.23. The van der Waals surface area contributed by atoms with Gasteiger partial charge in [-0.2, -0.15) is 0 Å². The van der Waals surface area contributed by atoms with Crippen molar-refractivity contribution in [3.63, 3.8) is 0 Å². The number of aromatic nitrogens is 2. The normalized spacial score (nSPS) is 24.3. The van der Waals surface area contributed by atoms with Gasteiger partial charge in [-0.05, 0) is 32.1 Å². The number of rotatable bonds is 3. The molecule has 1 aliphatic heterocycles. The maximum Gasteiger partial charge on any atom is 0.137 e. The van der Waals surface area contributed by atoms with Gasteiger partial charge < -0.3 is 4.90 Å². The molecule has 1 aromatic rings. The topological polar surface area (TPSA) is 29.0 Å². The van der Waals surface area contributed by atoms with Gasteiger partial charge in [-0.15, -0.1) is 0 Å². The molecule has 1 aliphatic rings. The fourth-order valence-corrected chi connectivity index (χ4v) is 2.90. The molecule has 1 aromatic heterocycles. The van der Waals surface area contributed by atoms with E-state index in [0.717, 1.165) is 36.7 Å². The summed E-state index contributed by atoms with van der Waals surface area (Å²) in [7, 11) is 0. The summed E-state index contributed by atoms with van der Waals surface area (Å²) in [6.07, 6.45) is 6.14. The molecule has 2 atom stereocenters. The second-order valence-corrected chi connectivity index (χ2v) is 5.76. The Balaban J connectivity index is 2.33. The quantitative estimate of drug-likeness (QED) is 0.782. The van der Waals surface area contributed by atoms with Crippen molar-refractivity contribution in [3.8, 4) is 0 Å². The zero-order chi connectivity index (χ0) is 13.1. The predicted molar refractivity (Wildman–Crippen MR) is 76.2 cm³/mol. The van der Waals surface area contributed by atoms with Gasteiger partial charge in [0.2, 0.25) is 0 Å². The summed E-state index contributed by atoms with van der Waals surface area (Å²) in [5.74, 6) is 1.78. The van der Waals surface area contributed by atoms with E-state index in [2.05, 4.69) is 35.6 Å². The molecule has 0 spiro atoms. The fourth-order valence-electron chi connectivity index (χ4n) is 2.68. The summed E-state index contributed by atoms with van der Waals surface area (Å²) in [5, 5.41) is 0.618. The Morgan fingerprint density at radius 3 is 2.83 bits per heavy atom. The van der Waals surface area contributed by atoms with Crippen LogP contribution in [-0.2, 0) is 6.42 Å². The summed E-state index contributed by atoms with van der Waals surface area (Å²) in [5.41, 5.74) is 1.11. The molecule has 100 valence electrons. The molecule has 0 amide bonds. The highest BCUT2D eigenvalue weighted by atomic mass is 35.5. The lowest BCUT2D eigenvalue weighted by Crippen LogP contribution is -2.42. The molecule has 1 fully saturated rings. The standard InChI is InChI=1S/C14H22ClN3/c1-4-5-12-13(15)16-9-17-14(12)18-8-10(2)6-7-11(18)3/h9-11H,4-8H2,1-3H3. The van der Waals surface area contributed by atoms with Crippen molar-refractivity contribution in [3.05, 3.63) is 17.0 Å². The summed E-state index contributed by atoms with van der Waals surface area (Å²) in [4.78, 5) is 11.0. The smallest absolute Gasteiger partial charge is 0.137 e. The Bertz CT molecular complexity index is 408. The number of hydrogen-bond donors (Lipinski definition) is 0. The number of anilines is 1. The van der Waals surface area contributed by atoms with Crippen LogP contribution in [0.5, 0.6) is 0 Å². The van der Waals surface area contributed by atoms with Crippen LogP contribution in [0.15, 0.2) is 6.33 Å². The van der Waals surface area contributed by atoms with Crippen LogP contribution in [0, 0.1) is 5.92 Å². The molecule has 3 nitrogen and oxygen atoms in total. The minimum atomic E-state index is 0.544. The third kappa shape index (κ3) is 2.77. The first-order valence-corrected chi connectivity index (χ1v) is 7.27. The Kier molecular flexibility index (Phi) is 4.44. The van der Waals surface area contributed by atoms with E-state index in [1.54, 1.807) is 6.33 Å². The molecule has 2 rings (SSSR count). The first kappa shape index (κ1) is 13.6. The number of nitrogens with zero attached hydrogens (tertiary/aromatic N) is 3. The maximum absolute atomic E-state index is 6.23. The van der Waals surface area contributed by atoms with Gasteiger partial charge in [0.1, 0.15) is 17.3 Å². The summed E-state index contributed by atoms with van der Waals surface area (Å²) < 4.78 is 0. The van der Waals surface area contributed by atoms with E-state index in [9.17, 15) is 0 Å². The van der Waals surface area contributed by atoms with E-state index in [-0.39, 0.29) is 0 Å². The van der Waals surface area contributed by atoms with Crippen molar-refractivity contribution < 1.29 is 0 Å². The highest BCUT2D eigenvalue weighted by molar-refractivity contribution is 6.30. The van der Waals surface area contributed by atoms with Crippen LogP contribution in [0.25, 0.3) is 0 Å². The summed E-state index contributed by atoms with van der Waals surface area (Å²) in [6.45, 7) is 7.82. The molecule has 1 saturated heterocycles. The Morgan fingerprint density at radius 2 is 2.11 bits per heavy atom. The van der Waals surface area contributed by atoms with E-state index in [1.165, 1.54) is 12.8 Å². The van der Waals surface area contributed by atoms with Gasteiger partial charge in [-0.3, -0.25) is 0 Å². The molecule has 0 N–H and O–H groups in total. The van der Waals surface area contributed by atoms with Crippen molar-refractivity contribution in [2.24, 2.45) is 5.92 Å². The Hall–Kier alpha value is -0.830. The van der Waals surface area contributed by atoms with Crippen LogP contribution < -0.4 is 4.90 Å². The minimum absolute atomic E-state index is 0.544. The predicted octanol–water partition coefficient (Wildman–Crippen LogP) is 3.71. The SMILES string of the molecule is CCCc1c(Cl)ncnc1N1CC(C)CCC1C. The molecule has 4 heteroatoms. The van der Waals surface area contributed by atoms with Crippen LogP contribution in [-0.4, -0.2) is 22.6 Å². The van der Waals surface area contributed by atoms with Crippen LogP contribution in [0.2, 0.25) is 5.15 Å². The second kappa shape index (κ2) is 5.87. The van der Waals surface area contributed by atoms with Crippen LogP contribution in [0.1, 0.15) is 45.6 Å². The lowest BCUT2D eigenvalue weighted by molar-refractivity contribution is 0.387. The van der Waals surface area contributed by atoms with Crippen molar-refractivity contribution >= 4 is 17.4 Å². The van der Waals surface area contributed by atoms with Crippen molar-refractivity contribution in [2.45, 2.75) is 52.5 Å². The van der Waals surface area contributed by atoms with Gasteiger partial charge in [0, 0.05) is 18.2 Å². The largest absolute Gasteiger partial charge is 0.353 e. The van der Waals surface area contributed by atoms with Gasteiger partial charge in [-0.25, -0.2) is 9.97 Å². The van der Waals surface area contributed by atoms with Crippen molar-refractivity contribution in [2.75, 3.05) is 11.4 Å². The molecular formula is C14H22ClN3. The molecule has 18 heavy (non-hydrogen) atoms. The van der Waals surface area contributed by atoms with E-state index in [1.807, 2.05) is 0 Å². The third-order valence-corrected chi connectivity index (χ3v) is 4.09. The van der Waals surface area contributed by atoms with Gasteiger partial charge in [0.05, 0.1) is 0 Å². The van der Waals surface area contributed by atoms with Crippen molar-refractivity contribution in [1.82, 2.24) is 9.97 Å². The van der Waals surface area contributed by atoms with Crippen molar-refractivity contribution in [1.29, 1.82) is 0 Å². The molecule has 0 aliphatic carbocycles. The van der Waals surface area contributed by atoms with Gasteiger partial charge in [0.15, 0.2) is 0 Å². The molecule has 2 heterocycles. The molecule has 0 radical (unpaired) electrons. The van der Waals surface area contributed by atoms with Gasteiger partial charge in [-0.1, -0.05) is 31.9 Å². The molecule has 0 aromatic carbocycles. The molecule has 0 bridgehead atoms. The number of hydrogen-bond acceptors (Lipinski definition) is 3. The lowest BCUT2D eigenvalue weighted by atomic mass is 9.94. The second-order valence-electron chi connectivity index (χ2n) is 5.40. The first-order valence-electron chi connectivity index (χ1n) is 6.89. The van der Waals surface area contributed by atoms with Gasteiger partial charge >= 0.3 is 0 Å². The first-order chi connectivity index (χ1) is 8.63. The van der Waals surface area contributed by atoms with Crippen LogP contribution in [0.4, 0.5) is 5.82 Å². The number of piperidine rings is 1. The highest BCUT2D eigenvalue weighted by Gasteiger charge is 2.26. The Labute approximate surface area is 115 Å². The fraction of sp³-hybridized carbons (Fsp3) is 0.714. The average molecular weight is 268 g/mol. The average Bonchev–Trinajstić information content (AvgIpc) is 2.35. The van der Waals surface area contributed by atoms with E-state index >= 15 is 0 Å². The summed E-state index contributed by atoms with van der Waals surface area (Å²) in [6, 6.07) is 0.544. The van der Waals surface area contributed by atoms with Crippen LogP contribution in [0.3, 0.4) is 0 Å². The summed E-state index contributed by atoms with van der Waals surface area (Å²) >= 11 is 6.23. The van der Waals surface area contributed by atoms with Gasteiger partial charge in [0.25, 0.3) is 0 Å².